The number of benzene rings is 4. The van der Waals surface area contributed by atoms with E-state index in [1.165, 1.54) is 33.6 Å². The van der Waals surface area contributed by atoms with Crippen LogP contribution in [0.15, 0.2) is 84.9 Å². The zero-order chi connectivity index (χ0) is 35.8. The van der Waals surface area contributed by atoms with E-state index < -0.39 is 13.5 Å². The van der Waals surface area contributed by atoms with Crippen LogP contribution >= 0.6 is 19.4 Å². The van der Waals surface area contributed by atoms with E-state index in [4.69, 9.17) is 19.4 Å². The number of halogens is 2. The van der Waals surface area contributed by atoms with Crippen LogP contribution in [0.25, 0.3) is 0 Å². The zero-order valence-electron chi connectivity index (χ0n) is 30.9. The Morgan fingerprint density at radius 1 is 0.633 bits per heavy atom. The van der Waals surface area contributed by atoms with Gasteiger partial charge in [-0.3, -0.25) is 0 Å². The molecule has 0 amide bonds. The van der Waals surface area contributed by atoms with Crippen molar-refractivity contribution >= 4 is 41.1 Å². The minimum atomic E-state index is -1.84. The van der Waals surface area contributed by atoms with Crippen molar-refractivity contribution in [2.24, 2.45) is 0 Å². The predicted molar refractivity (Wildman–Crippen MR) is 213 cm³/mol. The van der Waals surface area contributed by atoms with Crippen molar-refractivity contribution in [3.63, 3.8) is 0 Å². The summed E-state index contributed by atoms with van der Waals surface area (Å²) in [6.45, 7) is 22.9. The van der Waals surface area contributed by atoms with Gasteiger partial charge in [-0.25, -0.2) is 0 Å². The van der Waals surface area contributed by atoms with Gasteiger partial charge in [0.05, 0.1) is 0 Å². The van der Waals surface area contributed by atoms with Crippen molar-refractivity contribution in [3.8, 4) is 11.5 Å². The SMILES string of the molecule is CC(C)c1cccc(C(C)C)c1N1[CH-]N(c2c(C(C)C)cccc2C(C)C)CC1.CN(C)c1ccc([OH+]c2ccccc2[CH]=[Ru]([Cl])[Cl])cc1. The normalized spacial score (nSPS) is 13.3. The molecular weight excluding hydrogens is 734 g/mol. The Bertz CT molecular complexity index is 1570. The number of ether oxygens (including phenoxy) is 1. The zero-order valence-corrected chi connectivity index (χ0v) is 34.1. The standard InChI is InChI=1S/C27H39N2.C15H15NO.2ClH.Ru/c1-18(2)22-11-9-12-23(19(3)4)26(22)28-15-16-29(17-28)27-24(20(5)6)13-10-14-25(27)21(7)8;1-12-6-4-5-7-15(12)17-14-10-8-13(9-11-14)16(2)3;;;/h9-14,17-21H,15-16H2,1-8H3;1,4-11H,2-3H3;2*1H;/q-1;;;;+2/p-1. The van der Waals surface area contributed by atoms with Gasteiger partial charge in [0.15, 0.2) is 0 Å². The predicted octanol–water partition coefficient (Wildman–Crippen LogP) is 12.1. The van der Waals surface area contributed by atoms with Gasteiger partial charge < -0.3 is 9.80 Å². The molecule has 1 fully saturated rings. The summed E-state index contributed by atoms with van der Waals surface area (Å²) in [5.41, 5.74) is 10.8. The maximum absolute atomic E-state index is 5.95. The van der Waals surface area contributed by atoms with Crippen molar-refractivity contribution in [1.82, 2.24) is 0 Å². The molecule has 266 valence electrons. The molecule has 0 unspecified atom stereocenters. The molecule has 1 N–H and O–H groups in total. The second-order valence-corrected chi connectivity index (χ2v) is 19.8. The summed E-state index contributed by atoms with van der Waals surface area (Å²) in [5, 5.41) is 0. The Morgan fingerprint density at radius 3 is 1.45 bits per heavy atom. The first-order chi connectivity index (χ1) is 23.3. The van der Waals surface area contributed by atoms with Gasteiger partial charge in [0, 0.05) is 24.5 Å². The van der Waals surface area contributed by atoms with Crippen LogP contribution < -0.4 is 14.7 Å². The van der Waals surface area contributed by atoms with Gasteiger partial charge in [0.2, 0.25) is 0 Å². The minimum absolute atomic E-state index is 0.514. The average Bonchev–Trinajstić information content (AvgIpc) is 3.55. The van der Waals surface area contributed by atoms with Gasteiger partial charge in [-0.2, -0.15) is 6.67 Å². The summed E-state index contributed by atoms with van der Waals surface area (Å²) in [5.74, 6) is 3.87. The molecule has 4 aromatic rings. The molecule has 0 radical (unpaired) electrons. The van der Waals surface area contributed by atoms with E-state index in [0.717, 1.165) is 35.8 Å². The molecule has 7 heteroatoms. The maximum atomic E-state index is 5.95. The Morgan fingerprint density at radius 2 is 1.06 bits per heavy atom. The first-order valence-corrected chi connectivity index (χ1v) is 22.8. The van der Waals surface area contributed by atoms with Crippen molar-refractivity contribution in [1.29, 1.82) is 0 Å². The number of hydrogen-bond acceptors (Lipinski definition) is 3. The molecule has 5 rings (SSSR count). The quantitative estimate of drug-likeness (QED) is 0.0908. The topological polar surface area (TPSA) is 22.5 Å². The monoisotopic (exact) mass is 789 g/mol. The number of hydrogen-bond donors (Lipinski definition) is 0. The molecule has 1 aliphatic heterocycles. The molecule has 0 bridgehead atoms. The molecule has 4 nitrogen and oxygen atoms in total. The van der Waals surface area contributed by atoms with E-state index in [-0.39, 0.29) is 0 Å². The van der Waals surface area contributed by atoms with E-state index in [9.17, 15) is 0 Å². The number of para-hydroxylation sites is 3. The molecule has 0 spiro atoms. The first-order valence-electron chi connectivity index (χ1n) is 17.3. The molecular formula is C42H55Cl2N3ORu. The summed E-state index contributed by atoms with van der Waals surface area (Å²) in [7, 11) is 15.9. The van der Waals surface area contributed by atoms with E-state index in [1.807, 2.05) is 67.2 Å². The molecule has 49 heavy (non-hydrogen) atoms. The first kappa shape index (κ1) is 38.9. The van der Waals surface area contributed by atoms with E-state index in [1.54, 1.807) is 0 Å². The van der Waals surface area contributed by atoms with Crippen LogP contribution in [0.1, 0.15) is 107 Å². The van der Waals surface area contributed by atoms with E-state index >= 15 is 0 Å². The van der Waals surface area contributed by atoms with Crippen LogP contribution in [0, 0.1) is 6.67 Å². The fraction of sp³-hybridized carbons (Fsp3) is 0.381. The van der Waals surface area contributed by atoms with E-state index in [2.05, 4.69) is 118 Å². The van der Waals surface area contributed by atoms with Gasteiger partial charge in [-0.15, -0.1) is 0 Å². The molecule has 1 saturated heterocycles. The second kappa shape index (κ2) is 17.9. The van der Waals surface area contributed by atoms with Crippen LogP contribution in [0.3, 0.4) is 0 Å². The van der Waals surface area contributed by atoms with E-state index in [0.29, 0.717) is 23.7 Å². The van der Waals surface area contributed by atoms with Crippen LogP contribution in [-0.2, 0) is 13.5 Å². The molecule has 0 aliphatic carbocycles. The van der Waals surface area contributed by atoms with Crippen molar-refractivity contribution in [2.45, 2.75) is 79.1 Å². The average molecular weight is 790 g/mol. The van der Waals surface area contributed by atoms with Crippen LogP contribution in [0.2, 0.25) is 0 Å². The number of nitrogens with zero attached hydrogens (tertiary/aromatic N) is 3. The van der Waals surface area contributed by atoms with Gasteiger partial charge in [0.1, 0.15) is 0 Å². The number of rotatable bonds is 10. The van der Waals surface area contributed by atoms with Crippen molar-refractivity contribution in [2.75, 3.05) is 41.9 Å². The Labute approximate surface area is 309 Å². The van der Waals surface area contributed by atoms with Gasteiger partial charge in [0.25, 0.3) is 0 Å². The Kier molecular flexibility index (Phi) is 14.2. The summed E-state index contributed by atoms with van der Waals surface area (Å²) >= 11 is -1.84. The molecule has 0 aromatic heterocycles. The third-order valence-corrected chi connectivity index (χ3v) is 10.7. The molecule has 0 saturated carbocycles. The third-order valence-electron chi connectivity index (χ3n) is 8.86. The summed E-state index contributed by atoms with van der Waals surface area (Å²) in [4.78, 5) is 7.07. The van der Waals surface area contributed by atoms with Crippen LogP contribution in [-0.4, -0.2) is 36.5 Å². The number of aromatic hydroxyl groups is 2. The number of anilines is 3. The van der Waals surface area contributed by atoms with Crippen LogP contribution in [0.5, 0.6) is 11.5 Å². The summed E-state index contributed by atoms with van der Waals surface area (Å²) < 4.78 is 6.57. The fourth-order valence-electron chi connectivity index (χ4n) is 6.25. The van der Waals surface area contributed by atoms with Gasteiger partial charge in [-0.05, 0) is 45.9 Å². The molecule has 1 heterocycles. The second-order valence-electron chi connectivity index (χ2n) is 14.1. The van der Waals surface area contributed by atoms with Gasteiger partial charge >= 0.3 is 133 Å². The Hall–Kier alpha value is -2.85. The summed E-state index contributed by atoms with van der Waals surface area (Å²) in [6.07, 6.45) is 0. The molecule has 0 atom stereocenters. The van der Waals surface area contributed by atoms with Crippen LogP contribution in [0.4, 0.5) is 17.1 Å². The fourth-order valence-corrected chi connectivity index (χ4v) is 8.06. The Balaban J connectivity index is 0.000000237. The molecule has 4 aromatic carbocycles. The molecule has 1 aliphatic rings. The summed E-state index contributed by atoms with van der Waals surface area (Å²) in [6, 6.07) is 29.7. The van der Waals surface area contributed by atoms with Crippen molar-refractivity contribution < 1.29 is 18.3 Å². The van der Waals surface area contributed by atoms with Gasteiger partial charge in [-0.1, -0.05) is 91.8 Å². The van der Waals surface area contributed by atoms with Crippen molar-refractivity contribution in [3.05, 3.63) is 119 Å². The third kappa shape index (κ3) is 10.1.